The van der Waals surface area contributed by atoms with Crippen molar-refractivity contribution in [1.29, 1.82) is 0 Å². The first-order chi connectivity index (χ1) is 8.05. The third kappa shape index (κ3) is 1.92. The summed E-state index contributed by atoms with van der Waals surface area (Å²) in [5.74, 6) is -0.221. The van der Waals surface area contributed by atoms with Crippen molar-refractivity contribution in [3.8, 4) is 5.75 Å². The molecule has 0 fully saturated rings. The van der Waals surface area contributed by atoms with Gasteiger partial charge in [0.1, 0.15) is 21.6 Å². The molecule has 0 aromatic carbocycles. The van der Waals surface area contributed by atoms with Crippen molar-refractivity contribution < 1.29 is 18.7 Å². The van der Waals surface area contributed by atoms with E-state index in [1.165, 1.54) is 7.11 Å². The number of aromatic nitrogens is 1. The molecule has 2 heterocycles. The third-order valence-electron chi connectivity index (χ3n) is 2.68. The largest absolute Gasteiger partial charge is 0.489 e. The van der Waals surface area contributed by atoms with Crippen LogP contribution in [0.25, 0.3) is 0 Å². The molecule has 0 aliphatic carbocycles. The summed E-state index contributed by atoms with van der Waals surface area (Å²) in [7, 11) is 1.24. The van der Waals surface area contributed by atoms with E-state index in [1.54, 1.807) is 6.07 Å². The number of methoxy groups -OCH3 is 1. The average molecular weight is 416 g/mol. The number of esters is 1. The summed E-state index contributed by atoms with van der Waals surface area (Å²) in [6.07, 6.45) is 0. The van der Waals surface area contributed by atoms with Crippen LogP contribution >= 0.6 is 38.5 Å². The van der Waals surface area contributed by atoms with E-state index in [0.29, 0.717) is 19.6 Å². The van der Waals surface area contributed by atoms with Crippen LogP contribution in [0.5, 0.6) is 5.75 Å². The molecule has 1 atom stereocenters. The normalized spacial score (nSPS) is 21.9. The Kier molecular flexibility index (Phi) is 3.58. The number of rotatable bonds is 2. The van der Waals surface area contributed by atoms with Crippen LogP contribution < -0.4 is 4.74 Å². The van der Waals surface area contributed by atoms with Crippen molar-refractivity contribution in [3.63, 3.8) is 0 Å². The van der Waals surface area contributed by atoms with Crippen molar-refractivity contribution in [2.45, 2.75) is 5.41 Å². The standard InChI is InChI=1S/C10H8BrFINO3/c1-16-9(15)10(3-12)4-17-7-5(10)2-6(13)14-8(7)11/h2H,3-4H2,1H3. The topological polar surface area (TPSA) is 48.4 Å². The molecule has 1 aliphatic rings. The Bertz CT molecular complexity index is 485. The number of alkyl halides is 1. The minimum Gasteiger partial charge on any atom is -0.489 e. The van der Waals surface area contributed by atoms with Gasteiger partial charge in [-0.15, -0.1) is 0 Å². The Balaban J connectivity index is 2.61. The molecule has 7 heteroatoms. The molecule has 0 saturated carbocycles. The van der Waals surface area contributed by atoms with Gasteiger partial charge in [-0.05, 0) is 44.6 Å². The summed E-state index contributed by atoms with van der Waals surface area (Å²) in [6.45, 7) is -0.926. The molecule has 1 aromatic rings. The quantitative estimate of drug-likeness (QED) is 0.422. The first kappa shape index (κ1) is 13.0. The van der Waals surface area contributed by atoms with E-state index in [2.05, 4.69) is 25.7 Å². The molecule has 0 saturated heterocycles. The number of fused-ring (bicyclic) bond motifs is 1. The van der Waals surface area contributed by atoms with Gasteiger partial charge in [0.05, 0.1) is 7.11 Å². The maximum absolute atomic E-state index is 13.3. The summed E-state index contributed by atoms with van der Waals surface area (Å²) in [6, 6.07) is 1.64. The molecule has 0 radical (unpaired) electrons. The van der Waals surface area contributed by atoms with Crippen LogP contribution in [-0.2, 0) is 14.9 Å². The van der Waals surface area contributed by atoms with Gasteiger partial charge in [-0.1, -0.05) is 0 Å². The van der Waals surface area contributed by atoms with Gasteiger partial charge in [0.2, 0.25) is 0 Å². The second-order valence-electron chi connectivity index (χ2n) is 3.61. The smallest absolute Gasteiger partial charge is 0.322 e. The van der Waals surface area contributed by atoms with Crippen molar-refractivity contribution in [2.75, 3.05) is 20.4 Å². The van der Waals surface area contributed by atoms with Crippen molar-refractivity contribution >= 4 is 44.5 Å². The van der Waals surface area contributed by atoms with Gasteiger partial charge in [-0.25, -0.2) is 9.37 Å². The lowest BCUT2D eigenvalue weighted by Gasteiger charge is -2.20. The summed E-state index contributed by atoms with van der Waals surface area (Å²) in [5.41, 5.74) is -0.881. The molecular weight excluding hydrogens is 408 g/mol. The minimum atomic E-state index is -1.37. The maximum atomic E-state index is 13.3. The number of pyridine rings is 1. The lowest BCUT2D eigenvalue weighted by Crippen LogP contribution is -2.40. The van der Waals surface area contributed by atoms with Gasteiger partial charge in [0.25, 0.3) is 0 Å². The number of nitrogens with zero attached hydrogens (tertiary/aromatic N) is 1. The molecule has 0 bridgehead atoms. The number of carbonyl (C=O) groups excluding carboxylic acids is 1. The zero-order chi connectivity index (χ0) is 12.6. The molecule has 92 valence electrons. The highest BCUT2D eigenvalue weighted by Crippen LogP contribution is 2.44. The van der Waals surface area contributed by atoms with Crippen molar-refractivity contribution in [1.82, 2.24) is 4.98 Å². The predicted molar refractivity (Wildman–Crippen MR) is 69.8 cm³/mol. The van der Waals surface area contributed by atoms with Crippen molar-refractivity contribution in [2.24, 2.45) is 0 Å². The Morgan fingerprint density at radius 2 is 2.53 bits per heavy atom. The fourth-order valence-electron chi connectivity index (χ4n) is 1.77. The highest BCUT2D eigenvalue weighted by atomic mass is 127. The van der Waals surface area contributed by atoms with E-state index in [-0.39, 0.29) is 6.61 Å². The molecule has 0 N–H and O–H groups in total. The molecule has 4 nitrogen and oxygen atoms in total. The molecule has 0 amide bonds. The van der Waals surface area contributed by atoms with E-state index in [9.17, 15) is 9.18 Å². The molecule has 1 aromatic heterocycles. The Hall–Kier alpha value is -0.440. The molecule has 0 spiro atoms. The van der Waals surface area contributed by atoms with E-state index in [0.717, 1.165) is 0 Å². The summed E-state index contributed by atoms with van der Waals surface area (Å²) in [4.78, 5) is 15.9. The molecule has 1 unspecified atom stereocenters. The highest BCUT2D eigenvalue weighted by Gasteiger charge is 2.50. The number of ether oxygens (including phenoxy) is 2. The Morgan fingerprint density at radius 1 is 1.82 bits per heavy atom. The van der Waals surface area contributed by atoms with E-state index < -0.39 is 18.1 Å². The Labute approximate surface area is 119 Å². The lowest BCUT2D eigenvalue weighted by molar-refractivity contribution is -0.148. The fourth-order valence-corrected chi connectivity index (χ4v) is 3.17. The summed E-state index contributed by atoms with van der Waals surface area (Å²) < 4.78 is 24.5. The molecular formula is C10H8BrFINO3. The first-order valence-corrected chi connectivity index (χ1v) is 6.56. The molecule has 2 rings (SSSR count). The van der Waals surface area contributed by atoms with E-state index >= 15 is 0 Å². The van der Waals surface area contributed by atoms with Crippen LogP contribution in [0.4, 0.5) is 4.39 Å². The van der Waals surface area contributed by atoms with Gasteiger partial charge >= 0.3 is 5.97 Å². The summed E-state index contributed by atoms with van der Waals surface area (Å²) in [5, 5.41) is 0. The van der Waals surface area contributed by atoms with Gasteiger partial charge in [0.15, 0.2) is 11.2 Å². The van der Waals surface area contributed by atoms with Gasteiger partial charge in [-0.2, -0.15) is 0 Å². The van der Waals surface area contributed by atoms with Gasteiger partial charge in [0, 0.05) is 5.56 Å². The zero-order valence-corrected chi connectivity index (χ0v) is 12.5. The lowest BCUT2D eigenvalue weighted by atomic mass is 9.84. The van der Waals surface area contributed by atoms with E-state index in [1.807, 2.05) is 22.6 Å². The van der Waals surface area contributed by atoms with Crippen LogP contribution in [-0.4, -0.2) is 31.3 Å². The second-order valence-corrected chi connectivity index (χ2v) is 5.46. The Morgan fingerprint density at radius 3 is 3.12 bits per heavy atom. The van der Waals surface area contributed by atoms with Crippen LogP contribution in [0.2, 0.25) is 0 Å². The second kappa shape index (κ2) is 4.68. The van der Waals surface area contributed by atoms with E-state index in [4.69, 9.17) is 4.74 Å². The maximum Gasteiger partial charge on any atom is 0.322 e. The number of hydrogen-bond donors (Lipinski definition) is 0. The SMILES string of the molecule is COC(=O)C1(CF)COc2c1cc(I)nc2Br. The monoisotopic (exact) mass is 415 g/mol. The number of carbonyl (C=O) groups is 1. The average Bonchev–Trinajstić information content (AvgIpc) is 2.68. The van der Waals surface area contributed by atoms with Gasteiger partial charge < -0.3 is 9.47 Å². The molecule has 17 heavy (non-hydrogen) atoms. The minimum absolute atomic E-state index is 0.0636. The fraction of sp³-hybridized carbons (Fsp3) is 0.400. The predicted octanol–water partition coefficient (Wildman–Crippen LogP) is 2.22. The summed E-state index contributed by atoms with van der Waals surface area (Å²) >= 11 is 5.23. The highest BCUT2D eigenvalue weighted by molar-refractivity contribution is 14.1. The van der Waals surface area contributed by atoms with Crippen molar-refractivity contribution in [3.05, 3.63) is 19.9 Å². The number of halogens is 3. The van der Waals surface area contributed by atoms with Crippen LogP contribution in [0.15, 0.2) is 10.7 Å². The van der Waals surface area contributed by atoms with Crippen LogP contribution in [0.1, 0.15) is 5.56 Å². The van der Waals surface area contributed by atoms with Crippen LogP contribution in [0.3, 0.4) is 0 Å². The third-order valence-corrected chi connectivity index (χ3v) is 3.77. The molecule has 1 aliphatic heterocycles. The van der Waals surface area contributed by atoms with Crippen LogP contribution in [0, 0.1) is 3.70 Å². The number of hydrogen-bond acceptors (Lipinski definition) is 4. The first-order valence-electron chi connectivity index (χ1n) is 4.69. The van der Waals surface area contributed by atoms with Gasteiger partial charge in [-0.3, -0.25) is 4.79 Å². The zero-order valence-electron chi connectivity index (χ0n) is 8.80.